The van der Waals surface area contributed by atoms with E-state index in [1.807, 2.05) is 12.1 Å². The first kappa shape index (κ1) is 41.9. The van der Waals surface area contributed by atoms with Gasteiger partial charge in [-0.15, -0.1) is 0 Å². The van der Waals surface area contributed by atoms with Crippen LogP contribution >= 0.6 is 8.38 Å². The molecule has 5 heteroatoms. The van der Waals surface area contributed by atoms with Gasteiger partial charge >= 0.3 is 14.3 Å². The molecule has 1 heterocycles. The third-order valence-electron chi connectivity index (χ3n) is 10.3. The van der Waals surface area contributed by atoms with Crippen molar-refractivity contribution in [3.05, 3.63) is 77.4 Å². The Labute approximate surface area is 318 Å². The van der Waals surface area contributed by atoms with Gasteiger partial charge in [-0.2, -0.15) is 0 Å². The highest BCUT2D eigenvalue weighted by Gasteiger charge is 2.34. The zero-order valence-electron chi connectivity index (χ0n) is 33.8. The average Bonchev–Trinajstić information content (AvgIpc) is 3.11. The molecule has 0 aromatic heterocycles. The molecule has 3 aromatic rings. The van der Waals surface area contributed by atoms with Gasteiger partial charge in [0.25, 0.3) is 0 Å². The third-order valence-corrected chi connectivity index (χ3v) is 11.8. The van der Waals surface area contributed by atoms with Gasteiger partial charge < -0.3 is 13.8 Å². The Balaban J connectivity index is 1.23. The zero-order valence-corrected chi connectivity index (χ0v) is 34.7. The number of fused-ring (bicyclic) bond motifs is 3. The maximum absolute atomic E-state index is 12.8. The molecule has 4 rings (SSSR count). The minimum atomic E-state index is -1.40. The molecule has 4 nitrogen and oxygen atoms in total. The summed E-state index contributed by atoms with van der Waals surface area (Å²) in [5.74, 6) is 1.65. The number of hydrogen-bond acceptors (Lipinski definition) is 4. The van der Waals surface area contributed by atoms with Crippen molar-refractivity contribution in [2.24, 2.45) is 0 Å². The van der Waals surface area contributed by atoms with Gasteiger partial charge in [0.1, 0.15) is 11.5 Å². The molecule has 3 aromatic carbocycles. The van der Waals surface area contributed by atoms with Crippen LogP contribution in [0.5, 0.6) is 11.5 Å². The second-order valence-corrected chi connectivity index (χ2v) is 18.4. The Hall–Kier alpha value is -2.84. The molecule has 0 bridgehead atoms. The lowest BCUT2D eigenvalue weighted by Gasteiger charge is -2.34. The van der Waals surface area contributed by atoms with E-state index in [0.717, 1.165) is 51.9 Å². The molecule has 0 N–H and O–H groups in total. The SMILES string of the molecule is CCCCCCCCCCCCCCCCCCOC(=O)CCc1cc(C(C)(C)C)c(OP2Oc3ccccc3-c3ccccc32)c(C(C)(C)C)c1. The van der Waals surface area contributed by atoms with E-state index in [9.17, 15) is 4.79 Å². The highest BCUT2D eigenvalue weighted by atomic mass is 31.2. The van der Waals surface area contributed by atoms with Crippen molar-refractivity contribution in [2.45, 2.75) is 175 Å². The summed E-state index contributed by atoms with van der Waals surface area (Å²) < 4.78 is 19.3. The lowest BCUT2D eigenvalue weighted by atomic mass is 9.78. The second-order valence-electron chi connectivity index (χ2n) is 17.0. The Kier molecular flexibility index (Phi) is 17.0. The second kappa shape index (κ2) is 21.2. The first-order chi connectivity index (χ1) is 25.0. The maximum atomic E-state index is 12.8. The number of aryl methyl sites for hydroxylation is 1. The van der Waals surface area contributed by atoms with Crippen molar-refractivity contribution in [3.8, 4) is 22.6 Å². The monoisotopic (exact) mass is 728 g/mol. The molecule has 0 fully saturated rings. The van der Waals surface area contributed by atoms with E-state index in [0.29, 0.717) is 19.4 Å². The summed E-state index contributed by atoms with van der Waals surface area (Å²) in [5.41, 5.74) is 5.33. The summed E-state index contributed by atoms with van der Waals surface area (Å²) in [5, 5.41) is 1.09. The van der Waals surface area contributed by atoms with Crippen LogP contribution in [-0.2, 0) is 26.8 Å². The fourth-order valence-corrected chi connectivity index (χ4v) is 8.65. The molecule has 0 amide bonds. The normalized spacial score (nSPS) is 14.0. The summed E-state index contributed by atoms with van der Waals surface area (Å²) in [7, 11) is -1.40. The summed E-state index contributed by atoms with van der Waals surface area (Å²) in [6, 6.07) is 21.1. The van der Waals surface area contributed by atoms with Crippen LogP contribution in [0.4, 0.5) is 0 Å². The van der Waals surface area contributed by atoms with Crippen LogP contribution in [0.15, 0.2) is 60.7 Å². The van der Waals surface area contributed by atoms with Crippen LogP contribution < -0.4 is 14.4 Å². The molecule has 1 aliphatic heterocycles. The number of rotatable bonds is 22. The first-order valence-electron chi connectivity index (χ1n) is 20.7. The average molecular weight is 729 g/mol. The van der Waals surface area contributed by atoms with Gasteiger partial charge in [-0.1, -0.05) is 193 Å². The predicted molar refractivity (Wildman–Crippen MR) is 222 cm³/mol. The Morgan fingerprint density at radius 1 is 0.635 bits per heavy atom. The van der Waals surface area contributed by atoms with Gasteiger partial charge in [-0.3, -0.25) is 4.79 Å². The van der Waals surface area contributed by atoms with E-state index in [-0.39, 0.29) is 16.8 Å². The van der Waals surface area contributed by atoms with Gasteiger partial charge in [0, 0.05) is 23.1 Å². The standard InChI is InChI=1S/C47H69O4P/c1-8-9-10-11-12-13-14-15-16-17-18-19-20-21-22-27-34-49-44(48)33-32-37-35-40(46(2,3)4)45(41(36-37)47(5,6)7)51-52-43-31-26-24-29-39(43)38-28-23-25-30-42(38)50-52/h23-26,28-31,35-36H,8-22,27,32-34H2,1-7H3. The molecule has 286 valence electrons. The van der Waals surface area contributed by atoms with E-state index in [1.165, 1.54) is 95.5 Å². The number of carbonyl (C=O) groups excluding carboxylic acids is 1. The van der Waals surface area contributed by atoms with Crippen LogP contribution in [0.2, 0.25) is 0 Å². The largest absolute Gasteiger partial charge is 0.466 e. The van der Waals surface area contributed by atoms with E-state index >= 15 is 0 Å². The fourth-order valence-electron chi connectivity index (χ4n) is 7.12. The quantitative estimate of drug-likeness (QED) is 0.0587. The van der Waals surface area contributed by atoms with Crippen LogP contribution in [0.1, 0.15) is 174 Å². The molecule has 0 radical (unpaired) electrons. The maximum Gasteiger partial charge on any atom is 0.326 e. The minimum absolute atomic E-state index is 0.106. The van der Waals surface area contributed by atoms with Gasteiger partial charge in [0.2, 0.25) is 0 Å². The van der Waals surface area contributed by atoms with E-state index in [4.69, 9.17) is 13.8 Å². The summed E-state index contributed by atoms with van der Waals surface area (Å²) in [4.78, 5) is 12.8. The molecule has 52 heavy (non-hydrogen) atoms. The molecular formula is C47H69O4P. The topological polar surface area (TPSA) is 44.8 Å². The third kappa shape index (κ3) is 13.2. The lowest BCUT2D eigenvalue weighted by molar-refractivity contribution is -0.143. The van der Waals surface area contributed by atoms with Crippen molar-refractivity contribution < 1.29 is 18.6 Å². The first-order valence-corrected chi connectivity index (χ1v) is 21.8. The van der Waals surface area contributed by atoms with E-state index < -0.39 is 8.38 Å². The van der Waals surface area contributed by atoms with Crippen LogP contribution in [0, 0.1) is 0 Å². The molecule has 1 unspecified atom stereocenters. The Morgan fingerprint density at radius 2 is 1.12 bits per heavy atom. The lowest BCUT2D eigenvalue weighted by Crippen LogP contribution is -2.23. The van der Waals surface area contributed by atoms with Crippen molar-refractivity contribution in [3.63, 3.8) is 0 Å². The molecule has 0 spiro atoms. The summed E-state index contributed by atoms with van der Waals surface area (Å²) in [6.45, 7) is 16.2. The molecule has 0 saturated carbocycles. The number of unbranched alkanes of at least 4 members (excludes halogenated alkanes) is 15. The van der Waals surface area contributed by atoms with Crippen molar-refractivity contribution in [1.82, 2.24) is 0 Å². The molecule has 0 aliphatic carbocycles. The minimum Gasteiger partial charge on any atom is -0.466 e. The number of para-hydroxylation sites is 1. The van der Waals surface area contributed by atoms with Crippen molar-refractivity contribution in [2.75, 3.05) is 6.61 Å². The zero-order chi connectivity index (χ0) is 37.4. The predicted octanol–water partition coefficient (Wildman–Crippen LogP) is 14.1. The van der Waals surface area contributed by atoms with Crippen LogP contribution in [-0.4, -0.2) is 12.6 Å². The van der Waals surface area contributed by atoms with Gasteiger partial charge in [-0.25, -0.2) is 0 Å². The number of ether oxygens (including phenoxy) is 1. The highest BCUT2D eigenvalue weighted by molar-refractivity contribution is 7.57. The van der Waals surface area contributed by atoms with Crippen LogP contribution in [0.3, 0.4) is 0 Å². The number of carbonyl (C=O) groups is 1. The smallest absolute Gasteiger partial charge is 0.326 e. The van der Waals surface area contributed by atoms with E-state index in [1.54, 1.807) is 0 Å². The molecule has 0 saturated heterocycles. The number of benzene rings is 3. The highest BCUT2D eigenvalue weighted by Crippen LogP contribution is 2.52. The summed E-state index contributed by atoms with van der Waals surface area (Å²) in [6.07, 6.45) is 22.4. The molecule has 1 aliphatic rings. The Bertz CT molecular complexity index is 1480. The fraction of sp³-hybridized carbons (Fsp3) is 0.596. The van der Waals surface area contributed by atoms with Gasteiger partial charge in [0.05, 0.1) is 11.9 Å². The van der Waals surface area contributed by atoms with Crippen LogP contribution in [0.25, 0.3) is 11.1 Å². The summed E-state index contributed by atoms with van der Waals surface area (Å²) >= 11 is 0. The van der Waals surface area contributed by atoms with Gasteiger partial charge in [-0.05, 0) is 46.9 Å². The molecule has 1 atom stereocenters. The van der Waals surface area contributed by atoms with Crippen molar-refractivity contribution >= 4 is 19.6 Å². The van der Waals surface area contributed by atoms with Crippen molar-refractivity contribution in [1.29, 1.82) is 0 Å². The number of hydrogen-bond donors (Lipinski definition) is 0. The molecular weight excluding hydrogens is 659 g/mol. The van der Waals surface area contributed by atoms with Gasteiger partial charge in [0.15, 0.2) is 0 Å². The number of esters is 1. The Morgan fingerprint density at radius 3 is 1.65 bits per heavy atom. The van der Waals surface area contributed by atoms with E-state index in [2.05, 4.69) is 97.0 Å².